The van der Waals surface area contributed by atoms with Crippen molar-refractivity contribution in [2.75, 3.05) is 5.75 Å². The number of hydrogen-bond acceptors (Lipinski definition) is 3. The van der Waals surface area contributed by atoms with Gasteiger partial charge in [0.1, 0.15) is 0 Å². The Kier molecular flexibility index (Phi) is 4.09. The van der Waals surface area contributed by atoms with E-state index < -0.39 is 10.8 Å². The van der Waals surface area contributed by atoms with Crippen LogP contribution in [0, 0.1) is 0 Å². The van der Waals surface area contributed by atoms with Crippen LogP contribution in [0.4, 0.5) is 0 Å². The van der Waals surface area contributed by atoms with Crippen LogP contribution < -0.4 is 0 Å². The van der Waals surface area contributed by atoms with E-state index in [0.29, 0.717) is 9.21 Å². The summed E-state index contributed by atoms with van der Waals surface area (Å²) in [6.07, 6.45) is 0. The number of rotatable bonds is 3. The molecule has 0 fully saturated rings. The molecule has 1 aromatic rings. The second kappa shape index (κ2) is 4.76. The van der Waals surface area contributed by atoms with Gasteiger partial charge >= 0.3 is 0 Å². The lowest BCUT2D eigenvalue weighted by Crippen LogP contribution is -2.27. The molecule has 0 saturated carbocycles. The van der Waals surface area contributed by atoms with Crippen LogP contribution in [0.15, 0.2) is 12.1 Å². The van der Waals surface area contributed by atoms with Gasteiger partial charge in [-0.25, -0.2) is 0 Å². The molecule has 15 heavy (non-hydrogen) atoms. The maximum atomic E-state index is 11.7. The summed E-state index contributed by atoms with van der Waals surface area (Å²) in [7, 11) is -1.14. The molecule has 0 aliphatic heterocycles. The molecule has 0 amide bonds. The zero-order valence-corrected chi connectivity index (χ0v) is 11.3. The van der Waals surface area contributed by atoms with Crippen molar-refractivity contribution in [2.45, 2.75) is 25.5 Å². The van der Waals surface area contributed by atoms with Gasteiger partial charge in [-0.15, -0.1) is 11.3 Å². The van der Waals surface area contributed by atoms with Crippen LogP contribution in [-0.2, 0) is 10.8 Å². The Morgan fingerprint density at radius 1 is 1.47 bits per heavy atom. The maximum Gasteiger partial charge on any atom is 0.185 e. The molecule has 0 saturated heterocycles. The fourth-order valence-electron chi connectivity index (χ4n) is 0.871. The van der Waals surface area contributed by atoms with Gasteiger partial charge in [0, 0.05) is 15.5 Å². The fourth-order valence-corrected chi connectivity index (χ4v) is 2.77. The van der Waals surface area contributed by atoms with Gasteiger partial charge in [-0.1, -0.05) is 11.6 Å². The minimum Gasteiger partial charge on any atom is -0.292 e. The number of thiophene rings is 1. The quantitative estimate of drug-likeness (QED) is 0.786. The zero-order valence-electron chi connectivity index (χ0n) is 8.87. The topological polar surface area (TPSA) is 34.1 Å². The summed E-state index contributed by atoms with van der Waals surface area (Å²) in [5, 5.41) is 0. The van der Waals surface area contributed by atoms with Crippen molar-refractivity contribution >= 4 is 39.5 Å². The molecule has 0 aliphatic rings. The lowest BCUT2D eigenvalue weighted by Gasteiger charge is -2.16. The second-order valence-electron chi connectivity index (χ2n) is 4.13. The van der Waals surface area contributed by atoms with Gasteiger partial charge in [0.15, 0.2) is 5.78 Å². The molecule has 1 heterocycles. The highest BCUT2D eigenvalue weighted by Crippen LogP contribution is 2.23. The van der Waals surface area contributed by atoms with Crippen molar-refractivity contribution in [1.29, 1.82) is 0 Å². The van der Waals surface area contributed by atoms with Gasteiger partial charge in [0.2, 0.25) is 0 Å². The molecule has 0 aliphatic carbocycles. The Balaban J connectivity index is 2.69. The van der Waals surface area contributed by atoms with Crippen molar-refractivity contribution in [3.63, 3.8) is 0 Å². The van der Waals surface area contributed by atoms with Gasteiger partial charge < -0.3 is 0 Å². The summed E-state index contributed by atoms with van der Waals surface area (Å²) in [6, 6.07) is 3.36. The smallest absolute Gasteiger partial charge is 0.185 e. The third kappa shape index (κ3) is 3.70. The standard InChI is InChI=1S/C10H13ClO2S2/c1-10(2,3)15(13)6-7(12)8-4-5-9(11)14-8/h4-5H,6H2,1-3H3. The predicted octanol–water partition coefficient (Wildman–Crippen LogP) is 3.13. The van der Waals surface area contributed by atoms with E-state index in [4.69, 9.17) is 11.6 Å². The molecule has 84 valence electrons. The van der Waals surface area contributed by atoms with Gasteiger partial charge in [0.05, 0.1) is 15.0 Å². The zero-order chi connectivity index (χ0) is 11.6. The molecule has 0 N–H and O–H groups in total. The molecule has 0 bridgehead atoms. The molecular weight excluding hydrogens is 252 g/mol. The highest BCUT2D eigenvalue weighted by Gasteiger charge is 2.23. The first kappa shape index (κ1) is 12.9. The van der Waals surface area contributed by atoms with E-state index in [2.05, 4.69) is 0 Å². The van der Waals surface area contributed by atoms with Crippen LogP contribution in [0.3, 0.4) is 0 Å². The molecule has 1 aromatic heterocycles. The van der Waals surface area contributed by atoms with Crippen LogP contribution in [-0.4, -0.2) is 20.5 Å². The summed E-state index contributed by atoms with van der Waals surface area (Å²) in [4.78, 5) is 12.3. The van der Waals surface area contributed by atoms with E-state index in [1.54, 1.807) is 12.1 Å². The largest absolute Gasteiger partial charge is 0.292 e. The van der Waals surface area contributed by atoms with Crippen LogP contribution >= 0.6 is 22.9 Å². The molecule has 1 atom stereocenters. The average molecular weight is 265 g/mol. The highest BCUT2D eigenvalue weighted by molar-refractivity contribution is 7.87. The van der Waals surface area contributed by atoms with Gasteiger partial charge in [-0.3, -0.25) is 9.00 Å². The van der Waals surface area contributed by atoms with Crippen molar-refractivity contribution < 1.29 is 9.00 Å². The molecule has 2 nitrogen and oxygen atoms in total. The van der Waals surface area contributed by atoms with Gasteiger partial charge in [0.25, 0.3) is 0 Å². The second-order valence-corrected chi connectivity index (χ2v) is 8.05. The predicted molar refractivity (Wildman–Crippen MR) is 66.4 cm³/mol. The third-order valence-corrected chi connectivity index (χ3v) is 4.96. The minimum absolute atomic E-state index is 0.0698. The lowest BCUT2D eigenvalue weighted by atomic mass is 10.3. The minimum atomic E-state index is -1.14. The van der Waals surface area contributed by atoms with E-state index in [1.807, 2.05) is 20.8 Å². The van der Waals surface area contributed by atoms with E-state index in [9.17, 15) is 9.00 Å². The number of carbonyl (C=O) groups is 1. The Bertz CT molecular complexity index is 390. The molecular formula is C10H13ClO2S2. The summed E-state index contributed by atoms with van der Waals surface area (Å²) >= 11 is 6.95. The van der Waals surface area contributed by atoms with Gasteiger partial charge in [-0.2, -0.15) is 0 Å². The summed E-state index contributed by atoms with van der Waals surface area (Å²) in [5.41, 5.74) is 0. The van der Waals surface area contributed by atoms with E-state index in [1.165, 1.54) is 11.3 Å². The van der Waals surface area contributed by atoms with Crippen LogP contribution in [0.5, 0.6) is 0 Å². The number of ketones is 1. The van der Waals surface area contributed by atoms with Crippen molar-refractivity contribution in [1.82, 2.24) is 0 Å². The maximum absolute atomic E-state index is 11.7. The summed E-state index contributed by atoms with van der Waals surface area (Å²) in [6.45, 7) is 5.58. The van der Waals surface area contributed by atoms with Crippen molar-refractivity contribution in [2.24, 2.45) is 0 Å². The lowest BCUT2D eigenvalue weighted by molar-refractivity contribution is 0.102. The normalized spacial score (nSPS) is 13.9. The average Bonchev–Trinajstić information content (AvgIpc) is 2.50. The molecule has 1 rings (SSSR count). The molecule has 5 heteroatoms. The SMILES string of the molecule is CC(C)(C)S(=O)CC(=O)c1ccc(Cl)s1. The molecule has 0 spiro atoms. The molecule has 1 unspecified atom stereocenters. The molecule has 0 aromatic carbocycles. The third-order valence-electron chi connectivity index (χ3n) is 1.79. The Hall–Kier alpha value is -0.190. The van der Waals surface area contributed by atoms with Gasteiger partial charge in [-0.05, 0) is 32.9 Å². The van der Waals surface area contributed by atoms with Crippen LogP contribution in [0.1, 0.15) is 30.4 Å². The van der Waals surface area contributed by atoms with Crippen LogP contribution in [0.25, 0.3) is 0 Å². The first-order valence-electron chi connectivity index (χ1n) is 4.48. The van der Waals surface area contributed by atoms with E-state index >= 15 is 0 Å². The van der Waals surface area contributed by atoms with Crippen LogP contribution in [0.2, 0.25) is 4.34 Å². The van der Waals surface area contributed by atoms with E-state index in [0.717, 1.165) is 0 Å². The Labute approximate surface area is 101 Å². The number of halogens is 1. The Morgan fingerprint density at radius 2 is 2.07 bits per heavy atom. The summed E-state index contributed by atoms with van der Waals surface area (Å²) in [5.74, 6) is -0.0273. The Morgan fingerprint density at radius 3 is 2.47 bits per heavy atom. The molecule has 0 radical (unpaired) electrons. The number of hydrogen-bond donors (Lipinski definition) is 0. The van der Waals surface area contributed by atoms with Crippen molar-refractivity contribution in [3.05, 3.63) is 21.3 Å². The number of Topliss-reactive ketones (excluding diaryl/α,β-unsaturated/α-hetero) is 1. The highest BCUT2D eigenvalue weighted by atomic mass is 35.5. The fraction of sp³-hybridized carbons (Fsp3) is 0.500. The first-order chi connectivity index (χ1) is 6.80. The first-order valence-corrected chi connectivity index (χ1v) is 6.99. The van der Waals surface area contributed by atoms with Crippen molar-refractivity contribution in [3.8, 4) is 0 Å². The van der Waals surface area contributed by atoms with E-state index in [-0.39, 0.29) is 16.3 Å². The monoisotopic (exact) mass is 264 g/mol. The summed E-state index contributed by atoms with van der Waals surface area (Å²) < 4.78 is 11.9. The number of carbonyl (C=O) groups excluding carboxylic acids is 1.